The molecule has 1 heterocycles. The second kappa shape index (κ2) is 7.20. The first kappa shape index (κ1) is 17.9. The van der Waals surface area contributed by atoms with E-state index in [9.17, 15) is 8.42 Å². The van der Waals surface area contributed by atoms with E-state index < -0.39 is 9.84 Å². The second-order valence-electron chi connectivity index (χ2n) is 6.67. The van der Waals surface area contributed by atoms with E-state index in [1.165, 1.54) is 6.26 Å². The molecule has 6 heteroatoms. The number of sulfone groups is 1. The van der Waals surface area contributed by atoms with Crippen LogP contribution in [0.1, 0.15) is 26.7 Å². The van der Waals surface area contributed by atoms with E-state index >= 15 is 0 Å². The normalized spacial score (nSPS) is 20.8. The fourth-order valence-corrected chi connectivity index (χ4v) is 3.56. The molecule has 0 bridgehead atoms. The summed E-state index contributed by atoms with van der Waals surface area (Å²) in [4.78, 5) is 4.66. The van der Waals surface area contributed by atoms with Gasteiger partial charge >= 0.3 is 0 Å². The predicted octanol–water partition coefficient (Wildman–Crippen LogP) is 0.412. The van der Waals surface area contributed by atoms with Gasteiger partial charge in [-0.2, -0.15) is 0 Å². The Bertz CT molecular complexity index is 387. The quantitative estimate of drug-likeness (QED) is 0.738. The molecule has 1 aliphatic heterocycles. The highest BCUT2D eigenvalue weighted by atomic mass is 32.2. The zero-order valence-corrected chi connectivity index (χ0v) is 14.2. The van der Waals surface area contributed by atoms with Crippen LogP contribution < -0.4 is 5.73 Å². The molecule has 2 N–H and O–H groups in total. The van der Waals surface area contributed by atoms with E-state index in [-0.39, 0.29) is 11.3 Å². The predicted molar refractivity (Wildman–Crippen MR) is 84.6 cm³/mol. The maximum absolute atomic E-state index is 11.3. The average molecular weight is 305 g/mol. The Morgan fingerprint density at radius 3 is 2.25 bits per heavy atom. The largest absolute Gasteiger partial charge is 0.329 e. The lowest BCUT2D eigenvalue weighted by Crippen LogP contribution is -2.59. The number of nitrogens with zero attached hydrogens (tertiary/aromatic N) is 2. The van der Waals surface area contributed by atoms with Crippen molar-refractivity contribution >= 4 is 9.84 Å². The molecular weight excluding hydrogens is 274 g/mol. The Balaban J connectivity index is 2.57. The van der Waals surface area contributed by atoms with Crippen molar-refractivity contribution in [3.05, 3.63) is 0 Å². The zero-order chi connectivity index (χ0) is 15.4. The van der Waals surface area contributed by atoms with E-state index in [1.807, 2.05) is 7.05 Å². The Labute approximate surface area is 124 Å². The van der Waals surface area contributed by atoms with Crippen molar-refractivity contribution in [2.24, 2.45) is 11.7 Å². The van der Waals surface area contributed by atoms with Gasteiger partial charge in [0.05, 0.1) is 5.75 Å². The van der Waals surface area contributed by atoms with Gasteiger partial charge in [0, 0.05) is 31.4 Å². The highest BCUT2D eigenvalue weighted by Crippen LogP contribution is 2.27. The molecule has 1 fully saturated rings. The molecule has 1 rings (SSSR count). The number of hydrogen-bond donors (Lipinski definition) is 1. The third-order valence-corrected chi connectivity index (χ3v) is 5.32. The zero-order valence-electron chi connectivity index (χ0n) is 13.4. The average Bonchev–Trinajstić information content (AvgIpc) is 2.35. The van der Waals surface area contributed by atoms with Gasteiger partial charge in [0.2, 0.25) is 0 Å². The van der Waals surface area contributed by atoms with Crippen LogP contribution in [-0.4, -0.2) is 75.5 Å². The molecule has 120 valence electrons. The van der Waals surface area contributed by atoms with Gasteiger partial charge in [-0.25, -0.2) is 8.42 Å². The third-order valence-electron chi connectivity index (χ3n) is 4.40. The minimum Gasteiger partial charge on any atom is -0.329 e. The van der Waals surface area contributed by atoms with E-state index in [1.54, 1.807) is 0 Å². The Hall–Kier alpha value is -0.170. The summed E-state index contributed by atoms with van der Waals surface area (Å²) in [5.41, 5.74) is 5.99. The van der Waals surface area contributed by atoms with Gasteiger partial charge < -0.3 is 10.6 Å². The Morgan fingerprint density at radius 1 is 1.30 bits per heavy atom. The second-order valence-corrected chi connectivity index (χ2v) is 8.93. The number of piperidine rings is 1. The number of nitrogens with two attached hydrogens (primary N) is 1. The summed E-state index contributed by atoms with van der Waals surface area (Å²) in [6.07, 6.45) is 3.34. The molecule has 1 aliphatic rings. The van der Waals surface area contributed by atoms with E-state index in [2.05, 4.69) is 23.6 Å². The molecule has 0 spiro atoms. The molecule has 5 nitrogen and oxygen atoms in total. The van der Waals surface area contributed by atoms with Crippen LogP contribution in [0.3, 0.4) is 0 Å². The molecule has 20 heavy (non-hydrogen) atoms. The van der Waals surface area contributed by atoms with Gasteiger partial charge in [-0.05, 0) is 38.9 Å². The molecule has 0 unspecified atom stereocenters. The lowest BCUT2D eigenvalue weighted by Gasteiger charge is -2.47. The van der Waals surface area contributed by atoms with Crippen LogP contribution in [-0.2, 0) is 9.84 Å². The van der Waals surface area contributed by atoms with Gasteiger partial charge in [-0.15, -0.1) is 0 Å². The minimum absolute atomic E-state index is 0.0296. The first-order chi connectivity index (χ1) is 9.18. The molecule has 0 aromatic carbocycles. The van der Waals surface area contributed by atoms with Crippen LogP contribution in [0.15, 0.2) is 0 Å². The summed E-state index contributed by atoms with van der Waals surface area (Å²) in [6, 6.07) is 0. The van der Waals surface area contributed by atoms with Crippen molar-refractivity contribution in [1.29, 1.82) is 0 Å². The van der Waals surface area contributed by atoms with Crippen LogP contribution in [0.25, 0.3) is 0 Å². The number of rotatable bonds is 7. The molecule has 0 radical (unpaired) electrons. The fraction of sp³-hybridized carbons (Fsp3) is 1.00. The number of hydrogen-bond acceptors (Lipinski definition) is 5. The van der Waals surface area contributed by atoms with Crippen LogP contribution in [0.2, 0.25) is 0 Å². The van der Waals surface area contributed by atoms with Crippen molar-refractivity contribution < 1.29 is 8.42 Å². The summed E-state index contributed by atoms with van der Waals surface area (Å²) < 4.78 is 22.6. The highest BCUT2D eigenvalue weighted by molar-refractivity contribution is 7.90. The van der Waals surface area contributed by atoms with Gasteiger partial charge in [-0.3, -0.25) is 4.90 Å². The van der Waals surface area contributed by atoms with E-state index in [4.69, 9.17) is 5.73 Å². The van der Waals surface area contributed by atoms with Crippen LogP contribution in [0, 0.1) is 5.92 Å². The van der Waals surface area contributed by atoms with Crippen molar-refractivity contribution in [2.45, 2.75) is 32.2 Å². The lowest BCUT2D eigenvalue weighted by atomic mass is 9.85. The molecule has 0 atom stereocenters. The van der Waals surface area contributed by atoms with E-state index in [0.29, 0.717) is 19.0 Å². The van der Waals surface area contributed by atoms with Gasteiger partial charge in [0.25, 0.3) is 0 Å². The standard InChI is InChI=1S/C14H31N3O2S/c1-13(2)11-17-7-5-14(12-15,6-8-17)16(3)9-10-20(4,18)19/h13H,5-12,15H2,1-4H3. The monoisotopic (exact) mass is 305 g/mol. The smallest absolute Gasteiger partial charge is 0.148 e. The summed E-state index contributed by atoms with van der Waals surface area (Å²) in [6.45, 7) is 8.89. The summed E-state index contributed by atoms with van der Waals surface area (Å²) >= 11 is 0. The SMILES string of the molecule is CC(C)CN1CCC(CN)(N(C)CCS(C)(=O)=O)CC1. The first-order valence-electron chi connectivity index (χ1n) is 7.50. The first-order valence-corrected chi connectivity index (χ1v) is 9.56. The Kier molecular flexibility index (Phi) is 6.44. The molecular formula is C14H31N3O2S. The summed E-state index contributed by atoms with van der Waals surface area (Å²) in [5.74, 6) is 0.893. The summed E-state index contributed by atoms with van der Waals surface area (Å²) in [7, 11) is -0.902. The molecule has 0 aliphatic carbocycles. The van der Waals surface area contributed by atoms with E-state index in [0.717, 1.165) is 32.5 Å². The minimum atomic E-state index is -2.91. The topological polar surface area (TPSA) is 66.6 Å². The molecule has 0 aromatic rings. The van der Waals surface area contributed by atoms with Gasteiger partial charge in [-0.1, -0.05) is 13.8 Å². The van der Waals surface area contributed by atoms with Crippen LogP contribution in [0.4, 0.5) is 0 Å². The van der Waals surface area contributed by atoms with Crippen molar-refractivity contribution in [1.82, 2.24) is 9.80 Å². The fourth-order valence-electron chi connectivity index (χ4n) is 2.95. The van der Waals surface area contributed by atoms with Crippen molar-refractivity contribution in [2.75, 3.05) is 51.8 Å². The van der Waals surface area contributed by atoms with Gasteiger partial charge in [0.1, 0.15) is 9.84 Å². The van der Waals surface area contributed by atoms with Crippen molar-refractivity contribution in [3.63, 3.8) is 0 Å². The number of likely N-dealkylation sites (tertiary alicyclic amines) is 1. The van der Waals surface area contributed by atoms with Crippen molar-refractivity contribution in [3.8, 4) is 0 Å². The molecule has 0 saturated carbocycles. The van der Waals surface area contributed by atoms with Crippen LogP contribution in [0.5, 0.6) is 0 Å². The number of likely N-dealkylation sites (N-methyl/N-ethyl adjacent to an activating group) is 1. The third kappa shape index (κ3) is 5.31. The summed E-state index contributed by atoms with van der Waals surface area (Å²) in [5, 5.41) is 0. The maximum Gasteiger partial charge on any atom is 0.148 e. The lowest BCUT2D eigenvalue weighted by molar-refractivity contribution is 0.0453. The molecule has 0 aromatic heterocycles. The Morgan fingerprint density at radius 2 is 1.85 bits per heavy atom. The maximum atomic E-state index is 11.3. The molecule has 1 saturated heterocycles. The molecule has 0 amide bonds. The van der Waals surface area contributed by atoms with Crippen LogP contribution >= 0.6 is 0 Å². The van der Waals surface area contributed by atoms with Gasteiger partial charge in [0.15, 0.2) is 0 Å². The highest BCUT2D eigenvalue weighted by Gasteiger charge is 2.37.